The van der Waals surface area contributed by atoms with Crippen LogP contribution in [-0.4, -0.2) is 37.5 Å². The van der Waals surface area contributed by atoms with Gasteiger partial charge in [-0.3, -0.25) is 4.79 Å². The van der Waals surface area contributed by atoms with E-state index < -0.39 is 5.91 Å². The zero-order valence-corrected chi connectivity index (χ0v) is 22.1. The van der Waals surface area contributed by atoms with Crippen LogP contribution in [-0.2, 0) is 0 Å². The van der Waals surface area contributed by atoms with Gasteiger partial charge in [-0.05, 0) is 76.4 Å². The van der Waals surface area contributed by atoms with Crippen LogP contribution in [0.4, 0.5) is 0 Å². The predicted molar refractivity (Wildman–Crippen MR) is 142 cm³/mol. The van der Waals surface area contributed by atoms with Crippen LogP contribution in [0.25, 0.3) is 0 Å². The molecule has 1 atom stereocenters. The van der Waals surface area contributed by atoms with Crippen LogP contribution >= 0.6 is 39.1 Å². The number of carbonyl (C=O) groups is 1. The summed E-state index contributed by atoms with van der Waals surface area (Å²) in [6.45, 7) is 3.12. The predicted octanol–water partition coefficient (Wildman–Crippen LogP) is 5.96. The van der Waals surface area contributed by atoms with Crippen LogP contribution in [0.3, 0.4) is 0 Å². The molecule has 3 aromatic carbocycles. The number of benzene rings is 3. The first kappa shape index (κ1) is 26.8. The van der Waals surface area contributed by atoms with Gasteiger partial charge in [-0.25, -0.2) is 5.43 Å². The van der Waals surface area contributed by atoms with E-state index in [4.69, 9.17) is 32.7 Å². The summed E-state index contributed by atoms with van der Waals surface area (Å²) in [5.74, 6) is 0.517. The highest BCUT2D eigenvalue weighted by molar-refractivity contribution is 9.10. The van der Waals surface area contributed by atoms with Gasteiger partial charge in [0.05, 0.1) is 22.8 Å². The molecule has 1 amide bonds. The topological polar surface area (TPSA) is 92.2 Å². The van der Waals surface area contributed by atoms with Crippen molar-refractivity contribution in [3.05, 3.63) is 85.8 Å². The number of hydrazone groups is 1. The number of phenols is 1. The molecule has 0 radical (unpaired) electrons. The van der Waals surface area contributed by atoms with Gasteiger partial charge in [0.25, 0.3) is 5.91 Å². The molecule has 0 heterocycles. The van der Waals surface area contributed by atoms with E-state index >= 15 is 0 Å². The minimum absolute atomic E-state index is 0.0838. The Morgan fingerprint density at radius 2 is 1.91 bits per heavy atom. The molecule has 0 bridgehead atoms. The van der Waals surface area contributed by atoms with Crippen molar-refractivity contribution in [3.63, 3.8) is 0 Å². The average molecular weight is 581 g/mol. The molecule has 3 rings (SSSR count). The Labute approximate surface area is 222 Å². The fraction of sp³-hybridized carbons (Fsp3) is 0.200. The van der Waals surface area contributed by atoms with E-state index in [0.29, 0.717) is 39.7 Å². The number of aromatic hydroxyl groups is 1. The van der Waals surface area contributed by atoms with Crippen molar-refractivity contribution in [2.45, 2.75) is 13.0 Å². The maximum Gasteiger partial charge on any atom is 0.271 e. The lowest BCUT2D eigenvalue weighted by Crippen LogP contribution is -2.24. The van der Waals surface area contributed by atoms with Crippen LogP contribution < -0.4 is 20.2 Å². The van der Waals surface area contributed by atoms with Crippen molar-refractivity contribution in [2.75, 3.05) is 20.3 Å². The van der Waals surface area contributed by atoms with Crippen molar-refractivity contribution in [2.24, 2.45) is 5.10 Å². The van der Waals surface area contributed by atoms with E-state index in [2.05, 4.69) is 38.7 Å². The zero-order chi connectivity index (χ0) is 25.4. The molecule has 1 unspecified atom stereocenters. The van der Waals surface area contributed by atoms with Crippen LogP contribution in [0.1, 0.15) is 34.5 Å². The van der Waals surface area contributed by atoms with E-state index in [1.165, 1.54) is 24.4 Å². The standard InChI is InChI=1S/C25H24BrCl2N3O4/c1-15(17-3-6-19(27)7-4-17)29-9-10-35-24-20(26)11-16(12-23(24)34-2)14-30-31-25(33)18-5-8-22(32)21(28)13-18/h3-8,11-15,29,32H,9-10H2,1-2H3,(H,31,33)/b30-14+. The molecule has 0 spiro atoms. The highest BCUT2D eigenvalue weighted by Crippen LogP contribution is 2.36. The molecule has 0 aliphatic carbocycles. The van der Waals surface area contributed by atoms with E-state index in [0.717, 1.165) is 5.56 Å². The number of amides is 1. The number of nitrogens with zero attached hydrogens (tertiary/aromatic N) is 1. The van der Waals surface area contributed by atoms with Gasteiger partial charge in [0.2, 0.25) is 0 Å². The first-order chi connectivity index (χ1) is 16.8. The van der Waals surface area contributed by atoms with Gasteiger partial charge in [-0.1, -0.05) is 35.3 Å². The van der Waals surface area contributed by atoms with Crippen molar-refractivity contribution in [1.82, 2.24) is 10.7 Å². The Balaban J connectivity index is 1.56. The molecule has 7 nitrogen and oxygen atoms in total. The Morgan fingerprint density at radius 1 is 1.17 bits per heavy atom. The van der Waals surface area contributed by atoms with Gasteiger partial charge in [-0.2, -0.15) is 5.10 Å². The van der Waals surface area contributed by atoms with Crippen LogP contribution in [0.15, 0.2) is 64.2 Å². The molecule has 35 heavy (non-hydrogen) atoms. The third kappa shape index (κ3) is 7.60. The SMILES string of the molecule is COc1cc(/C=N/NC(=O)c2ccc(O)c(Cl)c2)cc(Br)c1OCCNC(C)c1ccc(Cl)cc1. The van der Waals surface area contributed by atoms with Crippen molar-refractivity contribution >= 4 is 51.3 Å². The molecule has 184 valence electrons. The average Bonchev–Trinajstić information content (AvgIpc) is 2.84. The maximum atomic E-state index is 12.2. The molecular weight excluding hydrogens is 557 g/mol. The second-order valence-corrected chi connectivity index (χ2v) is 9.17. The summed E-state index contributed by atoms with van der Waals surface area (Å²) in [5.41, 5.74) is 4.51. The summed E-state index contributed by atoms with van der Waals surface area (Å²) in [7, 11) is 1.55. The highest BCUT2D eigenvalue weighted by Gasteiger charge is 2.12. The lowest BCUT2D eigenvalue weighted by Gasteiger charge is -2.16. The zero-order valence-electron chi connectivity index (χ0n) is 19.0. The Bertz CT molecular complexity index is 1210. The van der Waals surface area contributed by atoms with E-state index in [-0.39, 0.29) is 22.4 Å². The molecule has 0 aliphatic rings. The largest absolute Gasteiger partial charge is 0.506 e. The summed E-state index contributed by atoms with van der Waals surface area (Å²) in [6.07, 6.45) is 1.48. The fourth-order valence-corrected chi connectivity index (χ4v) is 4.01. The summed E-state index contributed by atoms with van der Waals surface area (Å²) in [5, 5.41) is 17.6. The van der Waals surface area contributed by atoms with Crippen LogP contribution in [0.2, 0.25) is 10.0 Å². The first-order valence-corrected chi connectivity index (χ1v) is 12.1. The van der Waals surface area contributed by atoms with Crippen LogP contribution in [0.5, 0.6) is 17.2 Å². The Hall–Kier alpha value is -2.78. The molecule has 0 aliphatic heterocycles. The number of rotatable bonds is 10. The highest BCUT2D eigenvalue weighted by atomic mass is 79.9. The number of ether oxygens (including phenoxy) is 2. The minimum atomic E-state index is -0.463. The number of halogens is 3. The molecule has 0 saturated carbocycles. The Kier molecular flexibility index (Phi) is 9.80. The third-order valence-corrected chi connectivity index (χ3v) is 6.15. The van der Waals surface area contributed by atoms with Crippen molar-refractivity contribution in [1.29, 1.82) is 0 Å². The van der Waals surface area contributed by atoms with Gasteiger partial charge in [0.15, 0.2) is 11.5 Å². The quantitative estimate of drug-likeness (QED) is 0.156. The lowest BCUT2D eigenvalue weighted by atomic mass is 10.1. The summed E-state index contributed by atoms with van der Waals surface area (Å²) < 4.78 is 12.1. The molecular formula is C25H24BrCl2N3O4. The van der Waals surface area contributed by atoms with Crippen molar-refractivity contribution < 1.29 is 19.4 Å². The second-order valence-electron chi connectivity index (χ2n) is 7.48. The number of carbonyl (C=O) groups excluding carboxylic acids is 1. The van der Waals surface area contributed by atoms with Gasteiger partial charge in [0, 0.05) is 23.2 Å². The van der Waals surface area contributed by atoms with Gasteiger partial charge >= 0.3 is 0 Å². The normalized spacial score (nSPS) is 11.9. The van der Waals surface area contributed by atoms with E-state index in [9.17, 15) is 9.90 Å². The summed E-state index contributed by atoms with van der Waals surface area (Å²) in [4.78, 5) is 12.2. The van der Waals surface area contributed by atoms with Gasteiger partial charge in [-0.15, -0.1) is 0 Å². The van der Waals surface area contributed by atoms with Crippen molar-refractivity contribution in [3.8, 4) is 17.2 Å². The number of nitrogens with one attached hydrogen (secondary N) is 2. The number of phenolic OH excluding ortho intramolecular Hbond substituents is 1. The maximum absolute atomic E-state index is 12.2. The summed E-state index contributed by atoms with van der Waals surface area (Å²) >= 11 is 15.3. The van der Waals surface area contributed by atoms with E-state index in [1.807, 2.05) is 24.3 Å². The number of hydrogen-bond donors (Lipinski definition) is 3. The van der Waals surface area contributed by atoms with E-state index in [1.54, 1.807) is 19.2 Å². The minimum Gasteiger partial charge on any atom is -0.506 e. The smallest absolute Gasteiger partial charge is 0.271 e. The second kappa shape index (κ2) is 12.8. The molecule has 3 aromatic rings. The van der Waals surface area contributed by atoms with Gasteiger partial charge in [0.1, 0.15) is 12.4 Å². The molecule has 0 saturated heterocycles. The van der Waals surface area contributed by atoms with Crippen LogP contribution in [0, 0.1) is 0 Å². The lowest BCUT2D eigenvalue weighted by molar-refractivity contribution is 0.0955. The summed E-state index contributed by atoms with van der Waals surface area (Å²) in [6, 6.07) is 15.6. The fourth-order valence-electron chi connectivity index (χ4n) is 3.13. The van der Waals surface area contributed by atoms with Gasteiger partial charge < -0.3 is 19.9 Å². The number of hydrogen-bond acceptors (Lipinski definition) is 6. The Morgan fingerprint density at radius 3 is 2.60 bits per heavy atom. The third-order valence-electron chi connectivity index (χ3n) is 5.01. The molecule has 10 heteroatoms. The molecule has 0 fully saturated rings. The molecule has 0 aromatic heterocycles. The monoisotopic (exact) mass is 579 g/mol. The number of methoxy groups -OCH3 is 1. The first-order valence-electron chi connectivity index (χ1n) is 10.6. The molecule has 3 N–H and O–H groups in total.